The molecule has 0 aliphatic heterocycles. The van der Waals surface area contributed by atoms with E-state index in [1.54, 1.807) is 37.5 Å². The fraction of sp³-hybridized carbons (Fsp3) is 0.167. The Morgan fingerprint density at radius 2 is 2.24 bits per heavy atom. The minimum atomic E-state index is 0.846. The van der Waals surface area contributed by atoms with E-state index in [4.69, 9.17) is 4.74 Å². The second kappa shape index (κ2) is 6.02. The molecule has 2 aromatic rings. The minimum Gasteiger partial charge on any atom is -0.496 e. The summed E-state index contributed by atoms with van der Waals surface area (Å²) in [5.74, 6) is 1.71. The lowest BCUT2D eigenvalue weighted by atomic mass is 10.2. The number of hydrogen-bond acceptors (Lipinski definition) is 4. The zero-order valence-corrected chi connectivity index (χ0v) is 11.7. The molecule has 0 aliphatic rings. The molecule has 0 atom stereocenters. The van der Waals surface area contributed by atoms with Crippen molar-refractivity contribution in [2.24, 2.45) is 0 Å². The third kappa shape index (κ3) is 3.44. The van der Waals surface area contributed by atoms with Gasteiger partial charge in [-0.1, -0.05) is 6.07 Å². The Labute approximate surface area is 113 Å². The molecule has 17 heavy (non-hydrogen) atoms. The van der Waals surface area contributed by atoms with E-state index in [2.05, 4.69) is 32.0 Å². The van der Waals surface area contributed by atoms with E-state index in [1.807, 2.05) is 12.1 Å². The first-order valence-electron chi connectivity index (χ1n) is 5.01. The largest absolute Gasteiger partial charge is 0.496 e. The van der Waals surface area contributed by atoms with Crippen molar-refractivity contribution in [3.8, 4) is 5.75 Å². The highest BCUT2D eigenvalue weighted by Crippen LogP contribution is 2.28. The molecule has 3 nitrogen and oxygen atoms in total. The average molecular weight is 311 g/mol. The van der Waals surface area contributed by atoms with Crippen molar-refractivity contribution < 1.29 is 4.74 Å². The van der Waals surface area contributed by atoms with Crippen molar-refractivity contribution >= 4 is 27.7 Å². The van der Waals surface area contributed by atoms with Gasteiger partial charge in [0.1, 0.15) is 10.8 Å². The van der Waals surface area contributed by atoms with Crippen molar-refractivity contribution in [3.63, 3.8) is 0 Å². The van der Waals surface area contributed by atoms with Gasteiger partial charge in [0.05, 0.1) is 17.8 Å². The summed E-state index contributed by atoms with van der Waals surface area (Å²) in [5, 5.41) is 0.930. The molecule has 0 saturated heterocycles. The van der Waals surface area contributed by atoms with Crippen molar-refractivity contribution in [2.45, 2.75) is 10.8 Å². The van der Waals surface area contributed by atoms with Crippen LogP contribution in [0.5, 0.6) is 5.75 Å². The van der Waals surface area contributed by atoms with Crippen LogP contribution in [0.25, 0.3) is 0 Å². The fourth-order valence-corrected chi connectivity index (χ4v) is 2.67. The number of benzene rings is 1. The Hall–Kier alpha value is -1.07. The second-order valence-corrected chi connectivity index (χ2v) is 5.15. The molecule has 1 aromatic carbocycles. The standard InChI is InChI=1S/C12H11BrN2OS/c1-16-11-3-2-9(6-10(11)13)8-17-12-7-14-4-5-15-12/h2-7H,8H2,1H3. The van der Waals surface area contributed by atoms with E-state index in [1.165, 1.54) is 5.56 Å². The van der Waals surface area contributed by atoms with Gasteiger partial charge in [-0.3, -0.25) is 4.98 Å². The maximum atomic E-state index is 5.19. The molecule has 5 heteroatoms. The zero-order chi connectivity index (χ0) is 12.1. The number of nitrogens with zero attached hydrogens (tertiary/aromatic N) is 2. The van der Waals surface area contributed by atoms with E-state index < -0.39 is 0 Å². The van der Waals surface area contributed by atoms with E-state index in [0.717, 1.165) is 21.0 Å². The lowest BCUT2D eigenvalue weighted by molar-refractivity contribution is 0.412. The van der Waals surface area contributed by atoms with Crippen molar-refractivity contribution in [1.82, 2.24) is 9.97 Å². The van der Waals surface area contributed by atoms with Crippen LogP contribution in [0.1, 0.15) is 5.56 Å². The van der Waals surface area contributed by atoms with Gasteiger partial charge in [-0.15, -0.1) is 11.8 Å². The van der Waals surface area contributed by atoms with Gasteiger partial charge in [0, 0.05) is 18.1 Å². The van der Waals surface area contributed by atoms with E-state index >= 15 is 0 Å². The summed E-state index contributed by atoms with van der Waals surface area (Å²) in [7, 11) is 1.66. The number of halogens is 1. The topological polar surface area (TPSA) is 35.0 Å². The normalized spacial score (nSPS) is 10.2. The van der Waals surface area contributed by atoms with Gasteiger partial charge in [0.15, 0.2) is 0 Å². The molecule has 1 aromatic heterocycles. The number of aromatic nitrogens is 2. The Kier molecular flexibility index (Phi) is 4.39. The molecule has 0 fully saturated rings. The number of thioether (sulfide) groups is 1. The van der Waals surface area contributed by atoms with Gasteiger partial charge in [-0.05, 0) is 33.6 Å². The minimum absolute atomic E-state index is 0.846. The first kappa shape index (κ1) is 12.4. The molecule has 0 amide bonds. The third-order valence-electron chi connectivity index (χ3n) is 2.14. The SMILES string of the molecule is COc1ccc(CSc2cnccn2)cc1Br. The summed E-state index contributed by atoms with van der Waals surface area (Å²) < 4.78 is 6.16. The highest BCUT2D eigenvalue weighted by Gasteiger charge is 2.02. The van der Waals surface area contributed by atoms with Crippen molar-refractivity contribution in [2.75, 3.05) is 7.11 Å². The molecule has 0 aliphatic carbocycles. The van der Waals surface area contributed by atoms with Gasteiger partial charge < -0.3 is 4.74 Å². The van der Waals surface area contributed by atoms with Gasteiger partial charge in [-0.25, -0.2) is 4.98 Å². The van der Waals surface area contributed by atoms with Crippen LogP contribution >= 0.6 is 27.7 Å². The van der Waals surface area contributed by atoms with E-state index in [9.17, 15) is 0 Å². The Morgan fingerprint density at radius 1 is 1.35 bits per heavy atom. The molecular weight excluding hydrogens is 300 g/mol. The van der Waals surface area contributed by atoms with Crippen LogP contribution in [0.15, 0.2) is 46.3 Å². The van der Waals surface area contributed by atoms with Gasteiger partial charge >= 0.3 is 0 Å². The lowest BCUT2D eigenvalue weighted by Gasteiger charge is -2.05. The van der Waals surface area contributed by atoms with Crippen LogP contribution in [0, 0.1) is 0 Å². The first-order chi connectivity index (χ1) is 8.29. The molecule has 2 rings (SSSR count). The molecular formula is C12H11BrN2OS. The van der Waals surface area contributed by atoms with E-state index in [-0.39, 0.29) is 0 Å². The van der Waals surface area contributed by atoms with Gasteiger partial charge in [0.25, 0.3) is 0 Å². The Morgan fingerprint density at radius 3 is 2.88 bits per heavy atom. The molecule has 0 unspecified atom stereocenters. The van der Waals surface area contributed by atoms with Crippen LogP contribution < -0.4 is 4.74 Å². The molecule has 0 saturated carbocycles. The predicted molar refractivity (Wildman–Crippen MR) is 72.3 cm³/mol. The average Bonchev–Trinajstić information content (AvgIpc) is 2.38. The van der Waals surface area contributed by atoms with Crippen LogP contribution in [0.2, 0.25) is 0 Å². The maximum Gasteiger partial charge on any atom is 0.133 e. The molecule has 0 radical (unpaired) electrons. The molecule has 0 bridgehead atoms. The molecule has 88 valence electrons. The summed E-state index contributed by atoms with van der Waals surface area (Å²) in [6, 6.07) is 6.06. The van der Waals surface area contributed by atoms with Crippen molar-refractivity contribution in [1.29, 1.82) is 0 Å². The fourth-order valence-electron chi connectivity index (χ4n) is 1.32. The highest BCUT2D eigenvalue weighted by atomic mass is 79.9. The van der Waals surface area contributed by atoms with Crippen molar-refractivity contribution in [3.05, 3.63) is 46.8 Å². The summed E-state index contributed by atoms with van der Waals surface area (Å²) in [5.41, 5.74) is 1.22. The van der Waals surface area contributed by atoms with E-state index in [0.29, 0.717) is 0 Å². The summed E-state index contributed by atoms with van der Waals surface area (Å²) in [6.45, 7) is 0. The second-order valence-electron chi connectivity index (χ2n) is 3.30. The van der Waals surface area contributed by atoms with Gasteiger partial charge in [0.2, 0.25) is 0 Å². The highest BCUT2D eigenvalue weighted by molar-refractivity contribution is 9.10. The lowest BCUT2D eigenvalue weighted by Crippen LogP contribution is -1.87. The summed E-state index contributed by atoms with van der Waals surface area (Å²) in [4.78, 5) is 8.24. The molecule has 1 heterocycles. The summed E-state index contributed by atoms with van der Waals surface area (Å²) in [6.07, 6.45) is 5.14. The van der Waals surface area contributed by atoms with Gasteiger partial charge in [-0.2, -0.15) is 0 Å². The molecule has 0 N–H and O–H groups in total. The quantitative estimate of drug-likeness (QED) is 0.809. The monoisotopic (exact) mass is 310 g/mol. The summed E-state index contributed by atoms with van der Waals surface area (Å²) >= 11 is 5.13. The first-order valence-corrected chi connectivity index (χ1v) is 6.78. The number of methoxy groups -OCH3 is 1. The van der Waals surface area contributed by atoms with Crippen LogP contribution in [0.4, 0.5) is 0 Å². The van der Waals surface area contributed by atoms with Crippen LogP contribution in [0.3, 0.4) is 0 Å². The Bertz CT molecular complexity index is 493. The smallest absolute Gasteiger partial charge is 0.133 e. The number of hydrogen-bond donors (Lipinski definition) is 0. The molecule has 0 spiro atoms. The third-order valence-corrected chi connectivity index (χ3v) is 3.75. The van der Waals surface area contributed by atoms with Crippen LogP contribution in [-0.2, 0) is 5.75 Å². The number of rotatable bonds is 4. The zero-order valence-electron chi connectivity index (χ0n) is 9.26. The van der Waals surface area contributed by atoms with Crippen LogP contribution in [-0.4, -0.2) is 17.1 Å². The predicted octanol–water partition coefficient (Wildman–Crippen LogP) is 3.54. The Balaban J connectivity index is 2.02. The maximum absolute atomic E-state index is 5.19. The number of ether oxygens (including phenoxy) is 1.